The molecule has 1 heterocycles. The summed E-state index contributed by atoms with van der Waals surface area (Å²) >= 11 is 0. The summed E-state index contributed by atoms with van der Waals surface area (Å²) in [5.74, 6) is -0.376. The normalized spacial score (nSPS) is 16.0. The Bertz CT molecular complexity index is 519. The lowest BCUT2D eigenvalue weighted by Gasteiger charge is -2.33. The average molecular weight is 353 g/mol. The lowest BCUT2D eigenvalue weighted by molar-refractivity contribution is -0.115. The van der Waals surface area contributed by atoms with Crippen LogP contribution in [-0.2, 0) is 14.3 Å². The van der Waals surface area contributed by atoms with Crippen molar-refractivity contribution in [1.29, 1.82) is 0 Å². The third-order valence-electron chi connectivity index (χ3n) is 3.39. The highest BCUT2D eigenvalue weighted by atomic mass is 16.6. The zero-order valence-corrected chi connectivity index (χ0v) is 15.0. The van der Waals surface area contributed by atoms with Gasteiger partial charge in [-0.3, -0.25) is 15.0 Å². The monoisotopic (exact) mass is 353 g/mol. The van der Waals surface area contributed by atoms with Crippen LogP contribution in [0.15, 0.2) is 17.9 Å². The molecule has 25 heavy (non-hydrogen) atoms. The molecule has 140 valence electrons. The quantitative estimate of drug-likeness (QED) is 0.347. The van der Waals surface area contributed by atoms with Crippen LogP contribution in [-0.4, -0.2) is 60.3 Å². The first-order valence-electron chi connectivity index (χ1n) is 8.15. The Hall–Kier alpha value is -2.58. The first-order valence-corrected chi connectivity index (χ1v) is 8.15. The van der Waals surface area contributed by atoms with Crippen molar-refractivity contribution in [3.63, 3.8) is 0 Å². The SMILES string of the molecule is C=CN/N=C(\CNC=O)C(=O)NC1CCN(C(=O)OC(C)(C)C)CC1. The van der Waals surface area contributed by atoms with Crippen molar-refractivity contribution in [2.45, 2.75) is 45.3 Å². The van der Waals surface area contributed by atoms with Gasteiger partial charge in [0.2, 0.25) is 6.41 Å². The smallest absolute Gasteiger partial charge is 0.410 e. The van der Waals surface area contributed by atoms with Crippen LogP contribution in [0.5, 0.6) is 0 Å². The number of piperidine rings is 1. The number of likely N-dealkylation sites (tertiary alicyclic amines) is 1. The maximum absolute atomic E-state index is 12.2. The number of hydrazone groups is 1. The Kier molecular flexibility index (Phi) is 7.90. The van der Waals surface area contributed by atoms with Crippen LogP contribution in [0.1, 0.15) is 33.6 Å². The molecule has 1 rings (SSSR count). The second-order valence-electron chi connectivity index (χ2n) is 6.61. The van der Waals surface area contributed by atoms with Crippen molar-refractivity contribution >= 4 is 24.1 Å². The van der Waals surface area contributed by atoms with Crippen LogP contribution in [0.2, 0.25) is 0 Å². The van der Waals surface area contributed by atoms with Crippen LogP contribution < -0.4 is 16.1 Å². The molecule has 0 aromatic carbocycles. The highest BCUT2D eigenvalue weighted by Crippen LogP contribution is 2.15. The molecule has 0 aliphatic carbocycles. The van der Waals surface area contributed by atoms with Crippen molar-refractivity contribution in [3.8, 4) is 0 Å². The molecule has 0 aromatic rings. The molecule has 1 saturated heterocycles. The van der Waals surface area contributed by atoms with E-state index in [4.69, 9.17) is 4.74 Å². The fourth-order valence-electron chi connectivity index (χ4n) is 2.23. The van der Waals surface area contributed by atoms with E-state index in [1.165, 1.54) is 6.20 Å². The second kappa shape index (κ2) is 9.65. The molecule has 1 fully saturated rings. The van der Waals surface area contributed by atoms with Crippen molar-refractivity contribution in [1.82, 2.24) is 21.0 Å². The Balaban J connectivity index is 2.51. The van der Waals surface area contributed by atoms with E-state index in [1.54, 1.807) is 4.90 Å². The van der Waals surface area contributed by atoms with Crippen LogP contribution in [0.4, 0.5) is 4.79 Å². The minimum absolute atomic E-state index is 0.00687. The lowest BCUT2D eigenvalue weighted by Crippen LogP contribution is -2.50. The fourth-order valence-corrected chi connectivity index (χ4v) is 2.23. The van der Waals surface area contributed by atoms with E-state index >= 15 is 0 Å². The molecule has 0 radical (unpaired) electrons. The van der Waals surface area contributed by atoms with Crippen LogP contribution >= 0.6 is 0 Å². The number of hydrogen-bond donors (Lipinski definition) is 3. The number of hydrogen-bond acceptors (Lipinski definition) is 6. The average Bonchev–Trinajstić information content (AvgIpc) is 2.54. The summed E-state index contributed by atoms with van der Waals surface area (Å²) in [6.45, 7) is 9.93. The topological polar surface area (TPSA) is 112 Å². The van der Waals surface area contributed by atoms with Crippen molar-refractivity contribution in [3.05, 3.63) is 12.8 Å². The third-order valence-corrected chi connectivity index (χ3v) is 3.39. The van der Waals surface area contributed by atoms with Gasteiger partial charge in [0.15, 0.2) is 0 Å². The second-order valence-corrected chi connectivity index (χ2v) is 6.61. The van der Waals surface area contributed by atoms with E-state index in [2.05, 4.69) is 27.7 Å². The predicted octanol–water partition coefficient (Wildman–Crippen LogP) is 0.337. The predicted molar refractivity (Wildman–Crippen MR) is 93.8 cm³/mol. The zero-order chi connectivity index (χ0) is 18.9. The molecule has 9 nitrogen and oxygen atoms in total. The molecular formula is C16H27N5O4. The molecule has 0 unspecified atom stereocenters. The highest BCUT2D eigenvalue weighted by Gasteiger charge is 2.28. The van der Waals surface area contributed by atoms with E-state index in [9.17, 15) is 14.4 Å². The summed E-state index contributed by atoms with van der Waals surface area (Å²) in [5.41, 5.74) is 2.09. The van der Waals surface area contributed by atoms with Gasteiger partial charge >= 0.3 is 6.09 Å². The van der Waals surface area contributed by atoms with Crippen molar-refractivity contribution in [2.75, 3.05) is 19.6 Å². The van der Waals surface area contributed by atoms with E-state index in [0.717, 1.165) is 0 Å². The lowest BCUT2D eigenvalue weighted by atomic mass is 10.1. The number of ether oxygens (including phenoxy) is 1. The van der Waals surface area contributed by atoms with Crippen molar-refractivity contribution < 1.29 is 19.1 Å². The van der Waals surface area contributed by atoms with Gasteiger partial charge in [-0.2, -0.15) is 5.10 Å². The summed E-state index contributed by atoms with van der Waals surface area (Å²) in [7, 11) is 0. The maximum atomic E-state index is 12.2. The molecular weight excluding hydrogens is 326 g/mol. The van der Waals surface area contributed by atoms with E-state index in [1.807, 2.05) is 20.8 Å². The first kappa shape index (κ1) is 20.5. The number of rotatable bonds is 7. The summed E-state index contributed by atoms with van der Waals surface area (Å²) < 4.78 is 5.34. The van der Waals surface area contributed by atoms with Gasteiger partial charge in [0.25, 0.3) is 5.91 Å². The van der Waals surface area contributed by atoms with Gasteiger partial charge in [-0.25, -0.2) is 4.79 Å². The first-order chi connectivity index (χ1) is 11.8. The number of carbonyl (C=O) groups is 3. The summed E-state index contributed by atoms with van der Waals surface area (Å²) in [6.07, 6.45) is 2.72. The molecule has 1 aliphatic heterocycles. The van der Waals surface area contributed by atoms with Gasteiger partial charge < -0.3 is 20.3 Å². The van der Waals surface area contributed by atoms with Gasteiger partial charge in [-0.15, -0.1) is 0 Å². The van der Waals surface area contributed by atoms with E-state index < -0.39 is 5.60 Å². The van der Waals surface area contributed by atoms with Gasteiger partial charge in [-0.05, 0) is 33.6 Å². The molecule has 3 N–H and O–H groups in total. The minimum Gasteiger partial charge on any atom is -0.444 e. The number of amides is 3. The number of nitrogens with zero attached hydrogens (tertiary/aromatic N) is 2. The van der Waals surface area contributed by atoms with Gasteiger partial charge in [0.05, 0.1) is 6.54 Å². The molecule has 9 heteroatoms. The maximum Gasteiger partial charge on any atom is 0.410 e. The standard InChI is InChI=1S/C16H27N5O4/c1-5-18-20-13(10-17-11-22)14(23)19-12-6-8-21(9-7-12)15(24)25-16(2,3)4/h5,11-12,18H,1,6-10H2,2-4H3,(H,17,22)(H,19,23)/b20-13+. The van der Waals surface area contributed by atoms with Crippen LogP contribution in [0.25, 0.3) is 0 Å². The largest absolute Gasteiger partial charge is 0.444 e. The molecule has 1 aliphatic rings. The van der Waals surface area contributed by atoms with Gasteiger partial charge in [0.1, 0.15) is 11.3 Å². The van der Waals surface area contributed by atoms with Crippen molar-refractivity contribution in [2.24, 2.45) is 5.10 Å². The van der Waals surface area contributed by atoms with Crippen LogP contribution in [0.3, 0.4) is 0 Å². The highest BCUT2D eigenvalue weighted by molar-refractivity contribution is 6.39. The molecule has 0 aromatic heterocycles. The Morgan fingerprint density at radius 2 is 1.96 bits per heavy atom. The molecule has 0 bridgehead atoms. The van der Waals surface area contributed by atoms with E-state index in [0.29, 0.717) is 32.3 Å². The third kappa shape index (κ3) is 7.69. The number of carbonyl (C=O) groups excluding carboxylic acids is 3. The van der Waals surface area contributed by atoms with E-state index in [-0.39, 0.29) is 30.3 Å². The Morgan fingerprint density at radius 3 is 2.48 bits per heavy atom. The van der Waals surface area contributed by atoms with Crippen LogP contribution in [0, 0.1) is 0 Å². The minimum atomic E-state index is -0.531. The molecule has 3 amide bonds. The molecule has 0 spiro atoms. The summed E-state index contributed by atoms with van der Waals surface area (Å²) in [5, 5.41) is 9.13. The summed E-state index contributed by atoms with van der Waals surface area (Å²) in [6, 6.07) is -0.0728. The summed E-state index contributed by atoms with van der Waals surface area (Å²) in [4.78, 5) is 36.3. The molecule has 0 saturated carbocycles. The fraction of sp³-hybridized carbons (Fsp3) is 0.625. The Morgan fingerprint density at radius 1 is 1.32 bits per heavy atom. The molecule has 0 atom stereocenters. The Labute approximate surface area is 147 Å². The number of nitrogens with one attached hydrogen (secondary N) is 3. The van der Waals surface area contributed by atoms with Gasteiger partial charge in [-0.1, -0.05) is 6.58 Å². The van der Waals surface area contributed by atoms with Gasteiger partial charge in [0, 0.05) is 25.3 Å². The zero-order valence-electron chi connectivity index (χ0n) is 15.0.